The largest absolute Gasteiger partial charge is 0.507 e. The maximum absolute atomic E-state index is 10.9. The molecule has 0 bridgehead atoms. The van der Waals surface area contributed by atoms with Crippen LogP contribution in [0.25, 0.3) is 0 Å². The number of benzene rings is 2. The van der Waals surface area contributed by atoms with Gasteiger partial charge in [0.15, 0.2) is 0 Å². The maximum atomic E-state index is 10.9. The Hall–Kier alpha value is -3.64. The summed E-state index contributed by atoms with van der Waals surface area (Å²) < 4.78 is 4.81. The highest BCUT2D eigenvalue weighted by atomic mass is 35.5. The molecule has 0 heterocycles. The van der Waals surface area contributed by atoms with E-state index in [4.69, 9.17) is 44.5 Å². The molecule has 0 aliphatic rings. The number of nitro groups is 2. The van der Waals surface area contributed by atoms with Crippen molar-refractivity contribution in [1.29, 1.82) is 0 Å². The van der Waals surface area contributed by atoms with E-state index >= 15 is 0 Å². The summed E-state index contributed by atoms with van der Waals surface area (Å²) in [6, 6.07) is 3.91. The van der Waals surface area contributed by atoms with Gasteiger partial charge in [-0.25, -0.2) is 0 Å². The van der Waals surface area contributed by atoms with E-state index in [1.54, 1.807) is 0 Å². The molecule has 0 aliphatic heterocycles. The molecule has 0 saturated heterocycles. The zero-order valence-electron chi connectivity index (χ0n) is 14.4. The Morgan fingerprint density at radius 2 is 1.34 bits per heavy atom. The molecule has 0 radical (unpaired) electrons. The average Bonchev–Trinajstić information content (AvgIpc) is 2.60. The number of phenols is 1. The highest BCUT2D eigenvalue weighted by molar-refractivity contribution is 6.33. The molecular weight excluding hydrogens is 435 g/mol. The van der Waals surface area contributed by atoms with Gasteiger partial charge in [0.25, 0.3) is 23.2 Å². The molecule has 0 saturated carbocycles. The lowest BCUT2D eigenvalue weighted by Gasteiger charge is -2.05. The van der Waals surface area contributed by atoms with Gasteiger partial charge in [-0.2, -0.15) is 0 Å². The highest BCUT2D eigenvalue weighted by Crippen LogP contribution is 2.32. The lowest BCUT2D eigenvalue weighted by molar-refractivity contribution is -0.384. The third-order valence-corrected chi connectivity index (χ3v) is 3.86. The van der Waals surface area contributed by atoms with Crippen LogP contribution in [0.15, 0.2) is 24.3 Å². The number of nitrogens with two attached hydrogens (primary N) is 2. The molecule has 154 valence electrons. The molecular formula is C15H12Cl2N4O8. The fourth-order valence-electron chi connectivity index (χ4n) is 1.93. The molecule has 2 aromatic rings. The van der Waals surface area contributed by atoms with Crippen molar-refractivity contribution in [3.63, 3.8) is 0 Å². The Kier molecular flexibility index (Phi) is 7.68. The first kappa shape index (κ1) is 23.4. The van der Waals surface area contributed by atoms with Crippen molar-refractivity contribution in [2.45, 2.75) is 0 Å². The maximum Gasteiger partial charge on any atom is 0.288 e. The van der Waals surface area contributed by atoms with Crippen molar-refractivity contribution in [2.75, 3.05) is 7.11 Å². The number of nitrogens with zero attached hydrogens (tertiary/aromatic N) is 2. The van der Waals surface area contributed by atoms with Crippen molar-refractivity contribution < 1.29 is 29.3 Å². The van der Waals surface area contributed by atoms with Crippen molar-refractivity contribution in [2.24, 2.45) is 11.5 Å². The fraction of sp³-hybridized carbons (Fsp3) is 0.0667. The second kappa shape index (κ2) is 9.52. The van der Waals surface area contributed by atoms with E-state index in [0.29, 0.717) is 0 Å². The van der Waals surface area contributed by atoms with E-state index < -0.39 is 33.1 Å². The van der Waals surface area contributed by atoms with Crippen LogP contribution in [0, 0.1) is 20.2 Å². The number of rotatable bonds is 5. The molecule has 0 aliphatic carbocycles. The van der Waals surface area contributed by atoms with Gasteiger partial charge >= 0.3 is 0 Å². The van der Waals surface area contributed by atoms with Crippen LogP contribution in [0.2, 0.25) is 10.0 Å². The number of methoxy groups -OCH3 is 1. The SMILES string of the molecule is COc1cc(Cl)c([N+](=O)[O-])cc1C(N)=O.NC(=O)c1cc([N+](=O)[O-])c(Cl)cc1O. The number of carbonyl (C=O) groups excluding carboxylic acids is 2. The second-order valence-electron chi connectivity index (χ2n) is 5.07. The minimum Gasteiger partial charge on any atom is -0.507 e. The molecule has 0 unspecified atom stereocenters. The predicted molar refractivity (Wildman–Crippen MR) is 101 cm³/mol. The van der Waals surface area contributed by atoms with E-state index in [9.17, 15) is 29.8 Å². The smallest absolute Gasteiger partial charge is 0.288 e. The summed E-state index contributed by atoms with van der Waals surface area (Å²) in [7, 11) is 1.31. The van der Waals surface area contributed by atoms with Crippen LogP contribution in [0.1, 0.15) is 20.7 Å². The van der Waals surface area contributed by atoms with Crippen molar-refractivity contribution >= 4 is 46.4 Å². The highest BCUT2D eigenvalue weighted by Gasteiger charge is 2.20. The standard InChI is InChI=1S/C8H7ClN2O4.C7H5ClN2O4/c1-15-7-3-5(9)6(11(13)14)2-4(7)8(10)12;8-4-2-6(11)3(7(9)12)1-5(4)10(13)14/h2-3H,1H3,(H2,10,12);1-2,11H,(H2,9,12). The van der Waals surface area contributed by atoms with Gasteiger partial charge in [0.05, 0.1) is 28.1 Å². The van der Waals surface area contributed by atoms with Gasteiger partial charge in [-0.05, 0) is 0 Å². The summed E-state index contributed by atoms with van der Waals surface area (Å²) >= 11 is 11.1. The summed E-state index contributed by atoms with van der Waals surface area (Å²) in [4.78, 5) is 41.1. The number of primary amides is 2. The molecule has 5 N–H and O–H groups in total. The van der Waals surface area contributed by atoms with Crippen LogP contribution in [-0.2, 0) is 0 Å². The predicted octanol–water partition coefficient (Wildman–Crippen LogP) is 2.41. The Morgan fingerprint density at radius 3 is 1.72 bits per heavy atom. The van der Waals surface area contributed by atoms with Crippen LogP contribution in [0.5, 0.6) is 11.5 Å². The zero-order valence-corrected chi connectivity index (χ0v) is 15.9. The monoisotopic (exact) mass is 446 g/mol. The third kappa shape index (κ3) is 5.67. The zero-order chi connectivity index (χ0) is 22.5. The van der Waals surface area contributed by atoms with Gasteiger partial charge in [-0.1, -0.05) is 23.2 Å². The molecule has 2 amide bonds. The topological polar surface area (TPSA) is 202 Å². The van der Waals surface area contributed by atoms with Crippen molar-refractivity contribution in [3.8, 4) is 11.5 Å². The lowest BCUT2D eigenvalue weighted by atomic mass is 10.1. The Labute approximate surface area is 171 Å². The Morgan fingerprint density at radius 1 is 0.931 bits per heavy atom. The van der Waals surface area contributed by atoms with E-state index in [1.165, 1.54) is 13.2 Å². The first-order valence-electron chi connectivity index (χ1n) is 7.19. The Bertz CT molecular complexity index is 977. The summed E-state index contributed by atoms with van der Waals surface area (Å²) in [5, 5.41) is 29.7. The molecule has 0 aromatic heterocycles. The van der Waals surface area contributed by atoms with E-state index in [0.717, 1.165) is 18.2 Å². The van der Waals surface area contributed by atoms with Gasteiger partial charge in [-0.3, -0.25) is 29.8 Å². The fourth-order valence-corrected chi connectivity index (χ4v) is 2.38. The quantitative estimate of drug-likeness (QED) is 0.458. The summed E-state index contributed by atoms with van der Waals surface area (Å²) in [6.45, 7) is 0. The van der Waals surface area contributed by atoms with E-state index in [-0.39, 0.29) is 32.6 Å². The number of carbonyl (C=O) groups is 2. The third-order valence-electron chi connectivity index (χ3n) is 3.26. The molecule has 2 rings (SSSR count). The first-order valence-corrected chi connectivity index (χ1v) is 7.94. The van der Waals surface area contributed by atoms with Crippen LogP contribution in [0.3, 0.4) is 0 Å². The molecule has 2 aromatic carbocycles. The molecule has 0 atom stereocenters. The number of nitro benzene ring substituents is 2. The minimum absolute atomic E-state index is 0.0754. The number of ether oxygens (including phenoxy) is 1. The molecule has 12 nitrogen and oxygen atoms in total. The number of amides is 2. The normalized spacial score (nSPS) is 9.76. The van der Waals surface area contributed by atoms with Crippen LogP contribution >= 0.6 is 23.2 Å². The van der Waals surface area contributed by atoms with Crippen LogP contribution < -0.4 is 16.2 Å². The van der Waals surface area contributed by atoms with Gasteiger partial charge in [0, 0.05) is 24.3 Å². The average molecular weight is 447 g/mol. The van der Waals surface area contributed by atoms with Crippen LogP contribution in [0.4, 0.5) is 11.4 Å². The Balaban J connectivity index is 0.000000291. The first-order chi connectivity index (χ1) is 13.4. The molecule has 14 heteroatoms. The lowest BCUT2D eigenvalue weighted by Crippen LogP contribution is -2.13. The number of halogens is 2. The van der Waals surface area contributed by atoms with Gasteiger partial charge < -0.3 is 21.3 Å². The second-order valence-corrected chi connectivity index (χ2v) is 5.88. The van der Waals surface area contributed by atoms with E-state index in [1.807, 2.05) is 0 Å². The van der Waals surface area contributed by atoms with Crippen molar-refractivity contribution in [1.82, 2.24) is 0 Å². The minimum atomic E-state index is -0.956. The molecule has 29 heavy (non-hydrogen) atoms. The summed E-state index contributed by atoms with van der Waals surface area (Å²) in [5.74, 6) is -2.14. The number of hydrogen-bond acceptors (Lipinski definition) is 8. The number of aromatic hydroxyl groups is 1. The van der Waals surface area contributed by atoms with Crippen LogP contribution in [-0.4, -0.2) is 33.9 Å². The number of hydrogen-bond donors (Lipinski definition) is 3. The summed E-state index contributed by atoms with van der Waals surface area (Å²) in [6.07, 6.45) is 0. The molecule has 0 fully saturated rings. The van der Waals surface area contributed by atoms with Gasteiger partial charge in [0.1, 0.15) is 21.5 Å². The van der Waals surface area contributed by atoms with E-state index in [2.05, 4.69) is 0 Å². The molecule has 0 spiro atoms. The van der Waals surface area contributed by atoms with Gasteiger partial charge in [0.2, 0.25) is 0 Å². The van der Waals surface area contributed by atoms with Crippen molar-refractivity contribution in [3.05, 3.63) is 65.7 Å². The van der Waals surface area contributed by atoms with Gasteiger partial charge in [-0.15, -0.1) is 0 Å². The summed E-state index contributed by atoms with van der Waals surface area (Å²) in [5.41, 5.74) is 8.63.